The molecule has 0 rings (SSSR count). The summed E-state index contributed by atoms with van der Waals surface area (Å²) < 4.78 is 33.8. The Morgan fingerprint density at radius 2 is 0.938 bits per heavy atom. The van der Waals surface area contributed by atoms with Gasteiger partial charge in [0.15, 0.2) is 6.10 Å². The number of phosphoric ester groups is 1. The summed E-state index contributed by atoms with van der Waals surface area (Å²) in [6.07, 6.45) is 60.5. The molecule has 2 unspecified atom stereocenters. The summed E-state index contributed by atoms with van der Waals surface area (Å²) in [6, 6.07) is 0. The van der Waals surface area contributed by atoms with Crippen molar-refractivity contribution in [2.75, 3.05) is 47.5 Å². The SMILES string of the molecule is CC/C=C\C/C=C\C/C=C\C/C=C\C/C=C\CC(=O)OC(COC(=O)CCCCCCCCCCCC/C=C\C/C=C\C/C=C\CCCCCCC)COP(=O)([O-])OCC[N+](C)(C)C. The number of ether oxygens (including phenoxy) is 2. The van der Waals surface area contributed by atoms with Crippen molar-refractivity contribution in [1.82, 2.24) is 0 Å². The van der Waals surface area contributed by atoms with Gasteiger partial charge in [-0.15, -0.1) is 0 Å². The van der Waals surface area contributed by atoms with Gasteiger partial charge in [-0.3, -0.25) is 14.2 Å². The van der Waals surface area contributed by atoms with Crippen LogP contribution in [-0.4, -0.2) is 70.0 Å². The maximum Gasteiger partial charge on any atom is 0.310 e. The predicted octanol–water partition coefficient (Wildman–Crippen LogP) is 14.3. The van der Waals surface area contributed by atoms with E-state index < -0.39 is 32.5 Å². The second kappa shape index (κ2) is 45.1. The largest absolute Gasteiger partial charge is 0.756 e. The van der Waals surface area contributed by atoms with E-state index in [1.807, 2.05) is 33.3 Å². The van der Waals surface area contributed by atoms with Gasteiger partial charge in [-0.25, -0.2) is 0 Å². The van der Waals surface area contributed by atoms with Crippen molar-refractivity contribution in [3.05, 3.63) is 97.2 Å². The molecule has 2 atom stereocenters. The van der Waals surface area contributed by atoms with Crippen LogP contribution in [0, 0.1) is 0 Å². The molecule has 0 aromatic carbocycles. The van der Waals surface area contributed by atoms with Gasteiger partial charge in [-0.2, -0.15) is 0 Å². The van der Waals surface area contributed by atoms with Gasteiger partial charge in [0.1, 0.15) is 19.8 Å². The summed E-state index contributed by atoms with van der Waals surface area (Å²) in [5, 5.41) is 0. The maximum absolute atomic E-state index is 12.6. The smallest absolute Gasteiger partial charge is 0.310 e. The molecule has 0 spiro atoms. The zero-order valence-corrected chi connectivity index (χ0v) is 42.1. The average Bonchev–Trinajstić information content (AvgIpc) is 3.25. The fourth-order valence-corrected chi connectivity index (χ4v) is 6.99. The van der Waals surface area contributed by atoms with E-state index >= 15 is 0 Å². The quantitative estimate of drug-likeness (QED) is 0.0195. The van der Waals surface area contributed by atoms with Crippen LogP contribution in [0.3, 0.4) is 0 Å². The summed E-state index contributed by atoms with van der Waals surface area (Å²) in [4.78, 5) is 37.6. The van der Waals surface area contributed by atoms with Gasteiger partial charge in [0.2, 0.25) is 0 Å². The Bertz CT molecular complexity index is 1400. The number of rotatable bonds is 44. The van der Waals surface area contributed by atoms with E-state index in [1.165, 1.54) is 77.0 Å². The van der Waals surface area contributed by atoms with E-state index in [4.69, 9.17) is 18.5 Å². The molecule has 0 aromatic heterocycles. The first kappa shape index (κ1) is 60.9. The Morgan fingerprint density at radius 1 is 0.516 bits per heavy atom. The minimum atomic E-state index is -4.66. The van der Waals surface area contributed by atoms with Gasteiger partial charge < -0.3 is 27.9 Å². The fourth-order valence-electron chi connectivity index (χ4n) is 6.27. The lowest BCUT2D eigenvalue weighted by molar-refractivity contribution is -0.870. The van der Waals surface area contributed by atoms with Crippen LogP contribution in [0.5, 0.6) is 0 Å². The molecule has 10 heteroatoms. The zero-order valence-electron chi connectivity index (χ0n) is 41.2. The highest BCUT2D eigenvalue weighted by Gasteiger charge is 2.21. The van der Waals surface area contributed by atoms with E-state index in [0.29, 0.717) is 23.9 Å². The maximum atomic E-state index is 12.6. The molecule has 0 saturated heterocycles. The molecule has 0 bridgehead atoms. The molecule has 366 valence electrons. The van der Waals surface area contributed by atoms with Crippen LogP contribution < -0.4 is 4.89 Å². The number of hydrogen-bond donors (Lipinski definition) is 0. The van der Waals surface area contributed by atoms with Crippen molar-refractivity contribution >= 4 is 19.8 Å². The average molecular weight is 914 g/mol. The van der Waals surface area contributed by atoms with Gasteiger partial charge in [0.05, 0.1) is 34.2 Å². The lowest BCUT2D eigenvalue weighted by Crippen LogP contribution is -2.37. The third kappa shape index (κ3) is 48.4. The summed E-state index contributed by atoms with van der Waals surface area (Å²) >= 11 is 0. The Balaban J connectivity index is 4.32. The van der Waals surface area contributed by atoms with E-state index in [2.05, 4.69) is 92.8 Å². The monoisotopic (exact) mass is 914 g/mol. The molecule has 0 aliphatic rings. The highest BCUT2D eigenvalue weighted by molar-refractivity contribution is 7.45. The number of likely N-dealkylation sites (N-methyl/N-ethyl adjacent to an activating group) is 1. The number of hydrogen-bond acceptors (Lipinski definition) is 8. The van der Waals surface area contributed by atoms with Crippen molar-refractivity contribution in [2.45, 2.75) is 187 Å². The van der Waals surface area contributed by atoms with E-state index in [9.17, 15) is 19.0 Å². The molecule has 0 saturated carbocycles. The number of unbranched alkanes of at least 4 members (excludes halogenated alkanes) is 15. The van der Waals surface area contributed by atoms with Crippen LogP contribution in [0.2, 0.25) is 0 Å². The Morgan fingerprint density at radius 3 is 1.41 bits per heavy atom. The van der Waals surface area contributed by atoms with Crippen LogP contribution in [0.15, 0.2) is 97.2 Å². The van der Waals surface area contributed by atoms with E-state index in [0.717, 1.165) is 64.2 Å². The molecule has 0 aliphatic carbocycles. The second-order valence-corrected chi connectivity index (χ2v) is 18.9. The molecular formula is C54H92NO8P. The number of carbonyl (C=O) groups excluding carboxylic acids is 2. The number of allylic oxidation sites excluding steroid dienone is 15. The molecule has 0 aromatic rings. The first-order valence-electron chi connectivity index (χ1n) is 24.9. The number of quaternary nitrogens is 1. The van der Waals surface area contributed by atoms with Gasteiger partial charge in [-0.1, -0.05) is 188 Å². The lowest BCUT2D eigenvalue weighted by Gasteiger charge is -2.28. The molecule has 64 heavy (non-hydrogen) atoms. The Kier molecular flexibility index (Phi) is 42.9. The van der Waals surface area contributed by atoms with Gasteiger partial charge >= 0.3 is 11.9 Å². The highest BCUT2D eigenvalue weighted by atomic mass is 31.2. The van der Waals surface area contributed by atoms with Gasteiger partial charge in [0.25, 0.3) is 7.82 Å². The van der Waals surface area contributed by atoms with Crippen molar-refractivity contribution in [2.24, 2.45) is 0 Å². The highest BCUT2D eigenvalue weighted by Crippen LogP contribution is 2.38. The first-order valence-corrected chi connectivity index (χ1v) is 26.4. The molecule has 0 radical (unpaired) electrons. The minimum Gasteiger partial charge on any atom is -0.756 e. The van der Waals surface area contributed by atoms with Crippen molar-refractivity contribution < 1.29 is 42.1 Å². The minimum absolute atomic E-state index is 0.0130. The Labute approximate surface area is 392 Å². The first-order chi connectivity index (χ1) is 31.0. The lowest BCUT2D eigenvalue weighted by atomic mass is 10.1. The number of phosphoric acid groups is 1. The third-order valence-electron chi connectivity index (χ3n) is 10.1. The molecule has 0 heterocycles. The topological polar surface area (TPSA) is 111 Å². The molecule has 0 N–H and O–H groups in total. The second-order valence-electron chi connectivity index (χ2n) is 17.5. The standard InChI is InChI=1S/C54H92NO8P/c1-6-8-10-12-14-16-18-20-22-23-24-25-26-27-28-29-30-31-33-34-36-38-40-42-44-46-53(56)60-50-52(51-62-64(58,59)61-49-48-55(3,4)5)63-54(57)47-45-43-41-39-37-35-32-21-19-17-15-13-11-9-7-2/h9,11,15,17-18,20-21,23-24,26-27,32,37,39,43,45,52H,6-8,10,12-14,16,19,22,25,28-31,33-36,38,40-42,44,46-51H2,1-5H3/b11-9-,17-15-,20-18-,24-23-,27-26-,32-21-,39-37-,45-43-. The molecule has 9 nitrogen and oxygen atoms in total. The summed E-state index contributed by atoms with van der Waals surface area (Å²) in [7, 11) is 1.09. The number of carbonyl (C=O) groups is 2. The molecule has 0 fully saturated rings. The summed E-state index contributed by atoms with van der Waals surface area (Å²) in [6.45, 7) is 3.97. The van der Waals surface area contributed by atoms with Crippen LogP contribution in [0.4, 0.5) is 0 Å². The third-order valence-corrected chi connectivity index (χ3v) is 11.1. The van der Waals surface area contributed by atoms with Gasteiger partial charge in [0, 0.05) is 6.42 Å². The van der Waals surface area contributed by atoms with E-state index in [1.54, 1.807) is 6.08 Å². The fraction of sp³-hybridized carbons (Fsp3) is 0.667. The molecular weight excluding hydrogens is 822 g/mol. The molecule has 0 amide bonds. The predicted molar refractivity (Wildman–Crippen MR) is 268 cm³/mol. The van der Waals surface area contributed by atoms with Crippen LogP contribution in [0.1, 0.15) is 181 Å². The summed E-state index contributed by atoms with van der Waals surface area (Å²) in [5.74, 6) is -0.993. The number of nitrogens with zero attached hydrogens (tertiary/aromatic N) is 1. The van der Waals surface area contributed by atoms with Gasteiger partial charge in [-0.05, 0) is 77.0 Å². The molecule has 0 aliphatic heterocycles. The van der Waals surface area contributed by atoms with Crippen molar-refractivity contribution in [1.29, 1.82) is 0 Å². The zero-order chi connectivity index (χ0) is 47.1. The van der Waals surface area contributed by atoms with Crippen molar-refractivity contribution in [3.8, 4) is 0 Å². The van der Waals surface area contributed by atoms with Crippen molar-refractivity contribution in [3.63, 3.8) is 0 Å². The van der Waals surface area contributed by atoms with Crippen LogP contribution in [-0.2, 0) is 32.7 Å². The number of esters is 2. The summed E-state index contributed by atoms with van der Waals surface area (Å²) in [5.41, 5.74) is 0. The normalized spacial score (nSPS) is 14.3. The van der Waals surface area contributed by atoms with E-state index in [-0.39, 0.29) is 26.1 Å². The van der Waals surface area contributed by atoms with Crippen LogP contribution >= 0.6 is 7.82 Å². The Hall–Kier alpha value is -3.07. The van der Waals surface area contributed by atoms with Crippen LogP contribution in [0.25, 0.3) is 0 Å².